The Kier molecular flexibility index (Phi) is 3.68. The molecule has 4 N–H and O–H groups in total. The zero-order valence-corrected chi connectivity index (χ0v) is 14.4. The van der Waals surface area contributed by atoms with E-state index in [4.69, 9.17) is 16.2 Å². The van der Waals surface area contributed by atoms with Gasteiger partial charge in [-0.2, -0.15) is 0 Å². The number of amides is 2. The van der Waals surface area contributed by atoms with Gasteiger partial charge < -0.3 is 16.2 Å². The predicted molar refractivity (Wildman–Crippen MR) is 96.8 cm³/mol. The van der Waals surface area contributed by atoms with E-state index in [9.17, 15) is 9.59 Å². The maximum atomic E-state index is 13.0. The van der Waals surface area contributed by atoms with E-state index in [0.29, 0.717) is 17.0 Å². The third-order valence-corrected chi connectivity index (χ3v) is 4.85. The Labute approximate surface area is 151 Å². The summed E-state index contributed by atoms with van der Waals surface area (Å²) in [6, 6.07) is 12.8. The minimum Gasteiger partial charge on any atom is -0.441 e. The second-order valence-electron chi connectivity index (χ2n) is 6.70. The highest BCUT2D eigenvalue weighted by Gasteiger charge is 2.43. The number of carbonyl (C=O) groups excluding carboxylic acids is 2. The van der Waals surface area contributed by atoms with E-state index in [1.54, 1.807) is 24.3 Å². The Balaban J connectivity index is 1.68. The minimum absolute atomic E-state index is 0.0768. The van der Waals surface area contributed by atoms with E-state index < -0.39 is 5.91 Å². The summed E-state index contributed by atoms with van der Waals surface area (Å²) < 4.78 is 5.68. The number of hydrogen-bond acceptors (Lipinski definition) is 5. The molecule has 6 nitrogen and oxygen atoms in total. The van der Waals surface area contributed by atoms with Gasteiger partial charge in [-0.1, -0.05) is 24.3 Å². The van der Waals surface area contributed by atoms with E-state index >= 15 is 0 Å². The van der Waals surface area contributed by atoms with Crippen LogP contribution in [0.2, 0.25) is 0 Å². The zero-order chi connectivity index (χ0) is 18.4. The summed E-state index contributed by atoms with van der Waals surface area (Å²) in [6.07, 6.45) is 0.191. The monoisotopic (exact) mass is 349 g/mol. The highest BCUT2D eigenvalue weighted by atomic mass is 16.5. The van der Waals surface area contributed by atoms with Crippen LogP contribution >= 0.6 is 0 Å². The van der Waals surface area contributed by atoms with Crippen LogP contribution in [-0.2, 0) is 16.1 Å². The number of carbonyl (C=O) groups is 2. The summed E-state index contributed by atoms with van der Waals surface area (Å²) in [5.41, 5.74) is 15.4. The fourth-order valence-corrected chi connectivity index (χ4v) is 3.49. The molecule has 0 saturated carbocycles. The summed E-state index contributed by atoms with van der Waals surface area (Å²) in [7, 11) is 0. The Bertz CT molecular complexity index is 947. The lowest BCUT2D eigenvalue weighted by atomic mass is 9.82. The molecule has 2 heterocycles. The zero-order valence-electron chi connectivity index (χ0n) is 14.4. The molecule has 1 atom stereocenters. The smallest absolute Gasteiger partial charge is 0.262 e. The maximum Gasteiger partial charge on any atom is 0.262 e. The lowest BCUT2D eigenvalue weighted by Gasteiger charge is -2.36. The molecule has 0 radical (unpaired) electrons. The third-order valence-electron chi connectivity index (χ3n) is 4.85. The average Bonchev–Trinajstić information content (AvgIpc) is 2.59. The molecule has 2 aromatic rings. The van der Waals surface area contributed by atoms with Crippen LogP contribution in [0.4, 0.5) is 5.69 Å². The van der Waals surface area contributed by atoms with Gasteiger partial charge in [0, 0.05) is 23.6 Å². The average molecular weight is 349 g/mol. The number of imide groups is 1. The lowest BCUT2D eigenvalue weighted by molar-refractivity contribution is -0.146. The second-order valence-corrected chi connectivity index (χ2v) is 6.70. The number of benzene rings is 2. The van der Waals surface area contributed by atoms with Gasteiger partial charge in [-0.15, -0.1) is 0 Å². The first-order valence-corrected chi connectivity index (χ1v) is 8.41. The fourth-order valence-electron chi connectivity index (χ4n) is 3.49. The van der Waals surface area contributed by atoms with Crippen LogP contribution < -0.4 is 16.2 Å². The van der Waals surface area contributed by atoms with Crippen molar-refractivity contribution in [3.63, 3.8) is 0 Å². The van der Waals surface area contributed by atoms with Crippen LogP contribution in [0, 0.1) is 6.92 Å². The Morgan fingerprint density at radius 3 is 2.58 bits per heavy atom. The number of fused-ring (bicyclic) bond motifs is 3. The van der Waals surface area contributed by atoms with Crippen LogP contribution in [-0.4, -0.2) is 16.7 Å². The summed E-state index contributed by atoms with van der Waals surface area (Å²) in [6.45, 7) is 2.13. The number of hydrogen-bond donors (Lipinski definition) is 2. The lowest BCUT2D eigenvalue weighted by Crippen LogP contribution is -2.46. The first kappa shape index (κ1) is 16.2. The maximum absolute atomic E-state index is 13.0. The van der Waals surface area contributed by atoms with Gasteiger partial charge in [0.1, 0.15) is 5.75 Å². The van der Waals surface area contributed by atoms with Gasteiger partial charge in [0.25, 0.3) is 5.91 Å². The van der Waals surface area contributed by atoms with Crippen molar-refractivity contribution in [2.45, 2.75) is 25.8 Å². The van der Waals surface area contributed by atoms with E-state index in [2.05, 4.69) is 0 Å². The first-order chi connectivity index (χ1) is 12.4. The number of ether oxygens (including phenoxy) is 1. The van der Waals surface area contributed by atoms with Gasteiger partial charge in [0.2, 0.25) is 5.91 Å². The van der Waals surface area contributed by atoms with Gasteiger partial charge in [0.15, 0.2) is 5.88 Å². The molecule has 0 spiro atoms. The number of aryl methyl sites for hydroxylation is 1. The number of nitrogens with two attached hydrogens (primary N) is 2. The highest BCUT2D eigenvalue weighted by Crippen LogP contribution is 2.43. The van der Waals surface area contributed by atoms with Crippen LogP contribution in [0.3, 0.4) is 0 Å². The largest absolute Gasteiger partial charge is 0.441 e. The quantitative estimate of drug-likeness (QED) is 0.640. The van der Waals surface area contributed by atoms with Gasteiger partial charge in [-0.25, -0.2) is 0 Å². The molecular weight excluding hydrogens is 330 g/mol. The van der Waals surface area contributed by atoms with Crippen molar-refractivity contribution in [1.29, 1.82) is 0 Å². The molecule has 26 heavy (non-hydrogen) atoms. The Hall–Kier alpha value is -3.28. The number of likely N-dealkylation sites (tertiary alicyclic amines) is 1. The molecule has 1 saturated heterocycles. The number of nitrogens with zero attached hydrogens (tertiary/aromatic N) is 1. The summed E-state index contributed by atoms with van der Waals surface area (Å²) in [5, 5.41) is 0. The summed E-state index contributed by atoms with van der Waals surface area (Å²) >= 11 is 0. The molecule has 2 amide bonds. The number of anilines is 1. The molecule has 132 valence electrons. The van der Waals surface area contributed by atoms with Crippen molar-refractivity contribution in [2.24, 2.45) is 5.73 Å². The van der Waals surface area contributed by atoms with Crippen LogP contribution in [0.5, 0.6) is 5.75 Å². The van der Waals surface area contributed by atoms with Crippen molar-refractivity contribution >= 4 is 17.5 Å². The molecule has 1 fully saturated rings. The van der Waals surface area contributed by atoms with E-state index in [-0.39, 0.29) is 30.7 Å². The van der Waals surface area contributed by atoms with Gasteiger partial charge >= 0.3 is 0 Å². The van der Waals surface area contributed by atoms with Crippen LogP contribution in [0.15, 0.2) is 53.9 Å². The SMILES string of the molecule is Cc1ccc2c(c1)OC(N)=C1C(=O)N(Cc3ccc(N)cc3)C(=O)CC12. The molecule has 2 aromatic carbocycles. The molecule has 0 bridgehead atoms. The molecule has 2 aliphatic rings. The molecule has 0 aliphatic carbocycles. The minimum atomic E-state index is -0.396. The molecular formula is C20H19N3O3. The van der Waals surface area contributed by atoms with Crippen LogP contribution in [0.25, 0.3) is 0 Å². The summed E-state index contributed by atoms with van der Waals surface area (Å²) in [4.78, 5) is 26.9. The Morgan fingerprint density at radius 2 is 1.85 bits per heavy atom. The van der Waals surface area contributed by atoms with E-state index in [1.165, 1.54) is 4.90 Å². The van der Waals surface area contributed by atoms with Crippen molar-refractivity contribution in [1.82, 2.24) is 4.90 Å². The molecule has 0 aromatic heterocycles. The topological polar surface area (TPSA) is 98.7 Å². The first-order valence-electron chi connectivity index (χ1n) is 8.41. The van der Waals surface area contributed by atoms with Crippen molar-refractivity contribution in [3.8, 4) is 5.75 Å². The highest BCUT2D eigenvalue weighted by molar-refractivity contribution is 6.09. The van der Waals surface area contributed by atoms with Crippen molar-refractivity contribution in [2.75, 3.05) is 5.73 Å². The van der Waals surface area contributed by atoms with Gasteiger partial charge in [0.05, 0.1) is 12.1 Å². The third kappa shape index (κ3) is 2.60. The van der Waals surface area contributed by atoms with Gasteiger partial charge in [-0.3, -0.25) is 14.5 Å². The van der Waals surface area contributed by atoms with E-state index in [0.717, 1.165) is 16.7 Å². The second kappa shape index (κ2) is 5.91. The molecule has 2 aliphatic heterocycles. The molecule has 6 heteroatoms. The number of nitrogen functional groups attached to an aromatic ring is 1. The molecule has 4 rings (SSSR count). The van der Waals surface area contributed by atoms with E-state index in [1.807, 2.05) is 25.1 Å². The number of rotatable bonds is 2. The van der Waals surface area contributed by atoms with Gasteiger partial charge in [-0.05, 0) is 36.2 Å². The summed E-state index contributed by atoms with van der Waals surface area (Å²) in [5.74, 6) is -0.285. The Morgan fingerprint density at radius 1 is 1.12 bits per heavy atom. The van der Waals surface area contributed by atoms with Crippen LogP contribution in [0.1, 0.15) is 29.0 Å². The fraction of sp³-hybridized carbons (Fsp3) is 0.200. The van der Waals surface area contributed by atoms with Crippen molar-refractivity contribution in [3.05, 3.63) is 70.6 Å². The normalized spacial score (nSPS) is 19.1. The number of piperidine rings is 1. The standard InChI is InChI=1S/C20H19N3O3/c1-11-2-7-14-15-9-17(24)23(10-12-3-5-13(21)6-4-12)20(25)18(15)19(22)26-16(14)8-11/h2-8,15H,9-10,21-22H2,1H3. The molecule has 1 unspecified atom stereocenters. The van der Waals surface area contributed by atoms with Crippen molar-refractivity contribution < 1.29 is 14.3 Å². The predicted octanol–water partition coefficient (Wildman–Crippen LogP) is 2.18.